The molecule has 0 saturated heterocycles. The van der Waals surface area contributed by atoms with Crippen LogP contribution in [0.1, 0.15) is 36.5 Å². The highest BCUT2D eigenvalue weighted by Gasteiger charge is 2.31. The van der Waals surface area contributed by atoms with Crippen LogP contribution in [0.25, 0.3) is 11.1 Å². The zero-order chi connectivity index (χ0) is 18.9. The van der Waals surface area contributed by atoms with E-state index in [4.69, 9.17) is 4.74 Å². The second kappa shape index (κ2) is 6.92. The zero-order valence-electron chi connectivity index (χ0n) is 13.9. The van der Waals surface area contributed by atoms with E-state index in [9.17, 15) is 27.8 Å². The average Bonchev–Trinajstić information content (AvgIpc) is 2.55. The highest BCUT2D eigenvalue weighted by Crippen LogP contribution is 2.44. The fraction of sp³-hybridized carbons (Fsp3) is 0.333. The van der Waals surface area contributed by atoms with E-state index in [1.807, 2.05) is 0 Å². The van der Waals surface area contributed by atoms with Crippen LogP contribution in [0.3, 0.4) is 0 Å². The lowest BCUT2D eigenvalue weighted by Gasteiger charge is -2.19. The van der Waals surface area contributed by atoms with Crippen molar-refractivity contribution in [1.29, 1.82) is 0 Å². The molecule has 0 saturated carbocycles. The summed E-state index contributed by atoms with van der Waals surface area (Å²) in [5.74, 6) is -2.03. The molecular weight excluding hydrogens is 340 g/mol. The monoisotopic (exact) mass is 358 g/mol. The molecular formula is C18H18F4O3. The number of methoxy groups -OCH3 is 1. The van der Waals surface area contributed by atoms with Gasteiger partial charge in [-0.2, -0.15) is 13.2 Å². The minimum atomic E-state index is -4.55. The predicted octanol–water partition coefficient (Wildman–Crippen LogP) is 4.84. The Morgan fingerprint density at radius 1 is 1.12 bits per heavy atom. The number of aliphatic hydroxyl groups excluding tert-OH is 1. The van der Waals surface area contributed by atoms with Crippen molar-refractivity contribution in [3.63, 3.8) is 0 Å². The molecule has 0 aliphatic carbocycles. The largest absolute Gasteiger partial charge is 0.502 e. The van der Waals surface area contributed by atoms with Gasteiger partial charge in [-0.1, -0.05) is 19.9 Å². The number of ether oxygens (including phenoxy) is 1. The van der Waals surface area contributed by atoms with Crippen molar-refractivity contribution in [1.82, 2.24) is 0 Å². The molecule has 0 radical (unpaired) electrons. The molecule has 0 heterocycles. The molecule has 0 bridgehead atoms. The number of aromatic hydroxyl groups is 1. The average molecular weight is 358 g/mol. The molecule has 0 amide bonds. The van der Waals surface area contributed by atoms with Crippen molar-refractivity contribution in [2.45, 2.75) is 32.5 Å². The molecule has 7 heteroatoms. The number of alkyl halides is 3. The van der Waals surface area contributed by atoms with Gasteiger partial charge in [-0.05, 0) is 40.8 Å². The lowest BCUT2D eigenvalue weighted by molar-refractivity contribution is -0.137. The van der Waals surface area contributed by atoms with Gasteiger partial charge >= 0.3 is 6.18 Å². The van der Waals surface area contributed by atoms with Crippen molar-refractivity contribution >= 4 is 0 Å². The van der Waals surface area contributed by atoms with Gasteiger partial charge < -0.3 is 14.9 Å². The van der Waals surface area contributed by atoms with Crippen molar-refractivity contribution < 1.29 is 32.5 Å². The Labute approximate surface area is 142 Å². The molecule has 0 unspecified atom stereocenters. The van der Waals surface area contributed by atoms with Crippen molar-refractivity contribution in [2.24, 2.45) is 0 Å². The second-order valence-corrected chi connectivity index (χ2v) is 5.89. The van der Waals surface area contributed by atoms with Crippen molar-refractivity contribution in [3.8, 4) is 22.6 Å². The lowest BCUT2D eigenvalue weighted by atomic mass is 9.92. The first-order valence-corrected chi connectivity index (χ1v) is 7.52. The van der Waals surface area contributed by atoms with Gasteiger partial charge in [0, 0.05) is 5.56 Å². The van der Waals surface area contributed by atoms with E-state index in [1.165, 1.54) is 19.2 Å². The minimum absolute atomic E-state index is 0.00570. The van der Waals surface area contributed by atoms with Crippen LogP contribution in [0.4, 0.5) is 17.6 Å². The minimum Gasteiger partial charge on any atom is -0.502 e. The molecule has 136 valence electrons. The molecule has 0 spiro atoms. The Bertz CT molecular complexity index is 783. The van der Waals surface area contributed by atoms with Crippen molar-refractivity contribution in [2.75, 3.05) is 7.11 Å². The molecule has 2 rings (SSSR count). The summed E-state index contributed by atoms with van der Waals surface area (Å²) in [5.41, 5.74) is -0.284. The van der Waals surface area contributed by atoms with Crippen LogP contribution in [0.15, 0.2) is 24.3 Å². The quantitative estimate of drug-likeness (QED) is 0.769. The number of halogens is 4. The summed E-state index contributed by atoms with van der Waals surface area (Å²) in [6.07, 6.45) is -4.55. The maximum Gasteiger partial charge on any atom is 0.416 e. The molecule has 3 nitrogen and oxygen atoms in total. The van der Waals surface area contributed by atoms with Gasteiger partial charge in [0.1, 0.15) is 0 Å². The summed E-state index contributed by atoms with van der Waals surface area (Å²) in [4.78, 5) is 0. The summed E-state index contributed by atoms with van der Waals surface area (Å²) in [6, 6.07) is 4.28. The molecule has 0 aliphatic heterocycles. The van der Waals surface area contributed by atoms with Crippen LogP contribution in [0, 0.1) is 5.82 Å². The van der Waals surface area contributed by atoms with E-state index in [-0.39, 0.29) is 33.9 Å². The van der Waals surface area contributed by atoms with Crippen LogP contribution in [-0.4, -0.2) is 17.3 Å². The lowest BCUT2D eigenvalue weighted by Crippen LogP contribution is -2.07. The maximum atomic E-state index is 14.3. The van der Waals surface area contributed by atoms with Gasteiger partial charge in [-0.25, -0.2) is 4.39 Å². The summed E-state index contributed by atoms with van der Waals surface area (Å²) >= 11 is 0. The number of phenolic OH excluding ortho intramolecular Hbond substituents is 1. The van der Waals surface area contributed by atoms with Crippen LogP contribution in [0.2, 0.25) is 0 Å². The predicted molar refractivity (Wildman–Crippen MR) is 85.1 cm³/mol. The van der Waals surface area contributed by atoms with E-state index in [1.54, 1.807) is 13.8 Å². The highest BCUT2D eigenvalue weighted by atomic mass is 19.4. The number of rotatable bonds is 4. The van der Waals surface area contributed by atoms with Crippen LogP contribution < -0.4 is 4.74 Å². The number of phenols is 1. The Hall–Kier alpha value is -2.28. The van der Waals surface area contributed by atoms with E-state index < -0.39 is 29.9 Å². The van der Waals surface area contributed by atoms with E-state index in [0.717, 1.165) is 12.1 Å². The van der Waals surface area contributed by atoms with E-state index in [2.05, 4.69) is 0 Å². The SMILES string of the molecule is COc1c(-c2ccc(C(F)(F)F)cc2CO)cc(C(C)C)c(F)c1O. The molecule has 0 aliphatic rings. The Morgan fingerprint density at radius 2 is 1.76 bits per heavy atom. The number of hydrogen-bond acceptors (Lipinski definition) is 3. The number of hydrogen-bond donors (Lipinski definition) is 2. The van der Waals surface area contributed by atoms with Gasteiger partial charge in [0.05, 0.1) is 19.3 Å². The number of benzene rings is 2. The first-order valence-electron chi connectivity index (χ1n) is 7.52. The third-order valence-corrected chi connectivity index (χ3v) is 3.94. The topological polar surface area (TPSA) is 49.7 Å². The molecule has 0 aromatic heterocycles. The fourth-order valence-corrected chi connectivity index (χ4v) is 2.64. The van der Waals surface area contributed by atoms with Gasteiger partial charge in [-0.15, -0.1) is 0 Å². The second-order valence-electron chi connectivity index (χ2n) is 5.89. The smallest absolute Gasteiger partial charge is 0.416 e. The molecule has 2 aromatic rings. The standard InChI is InChI=1S/C18H18F4O3/c1-9(2)13-7-14(17(25-3)16(24)15(13)19)12-5-4-11(18(20,21)22)6-10(12)8-23/h4-7,9,23-24H,8H2,1-3H3. The molecule has 2 N–H and O–H groups in total. The summed E-state index contributed by atoms with van der Waals surface area (Å²) in [5, 5.41) is 19.6. The zero-order valence-corrected chi connectivity index (χ0v) is 13.9. The van der Waals surface area contributed by atoms with Crippen molar-refractivity contribution in [3.05, 3.63) is 46.8 Å². The summed E-state index contributed by atoms with van der Waals surface area (Å²) in [6.45, 7) is 2.78. The van der Waals surface area contributed by atoms with Gasteiger partial charge in [0.15, 0.2) is 17.3 Å². The van der Waals surface area contributed by atoms with Gasteiger partial charge in [0.25, 0.3) is 0 Å². The summed E-state index contributed by atoms with van der Waals surface area (Å²) in [7, 11) is 1.22. The first-order chi connectivity index (χ1) is 11.6. The Balaban J connectivity index is 2.77. The normalized spacial score (nSPS) is 11.9. The van der Waals surface area contributed by atoms with E-state index in [0.29, 0.717) is 0 Å². The van der Waals surface area contributed by atoms with E-state index >= 15 is 0 Å². The number of aliphatic hydroxyl groups is 1. The van der Waals surface area contributed by atoms with Crippen LogP contribution in [-0.2, 0) is 12.8 Å². The third-order valence-electron chi connectivity index (χ3n) is 3.94. The highest BCUT2D eigenvalue weighted by molar-refractivity contribution is 5.77. The Kier molecular flexibility index (Phi) is 5.27. The molecule has 0 atom stereocenters. The van der Waals surface area contributed by atoms with Gasteiger partial charge in [0.2, 0.25) is 0 Å². The molecule has 0 fully saturated rings. The summed E-state index contributed by atoms with van der Waals surface area (Å²) < 4.78 is 57.9. The van der Waals surface area contributed by atoms with Crippen LogP contribution in [0.5, 0.6) is 11.5 Å². The maximum absolute atomic E-state index is 14.3. The van der Waals surface area contributed by atoms with Gasteiger partial charge in [-0.3, -0.25) is 0 Å². The Morgan fingerprint density at radius 3 is 2.24 bits per heavy atom. The fourth-order valence-electron chi connectivity index (χ4n) is 2.64. The third kappa shape index (κ3) is 3.56. The van der Waals surface area contributed by atoms with Crippen LogP contribution >= 0.6 is 0 Å². The first kappa shape index (κ1) is 19.1. The molecule has 25 heavy (non-hydrogen) atoms. The molecule has 2 aromatic carbocycles.